The molecule has 1 aromatic rings. The monoisotopic (exact) mass is 283 g/mol. The van der Waals surface area contributed by atoms with Crippen LogP contribution < -0.4 is 0 Å². The summed E-state index contributed by atoms with van der Waals surface area (Å²) in [6.45, 7) is 1.76. The van der Waals surface area contributed by atoms with E-state index in [1.807, 2.05) is 0 Å². The number of benzene rings is 1. The van der Waals surface area contributed by atoms with E-state index < -0.39 is 11.7 Å². The SMILES string of the molecule is Cc1ccc(/C=C/C(=O)N=[N+]=[N-])c(F)c1Br. The Morgan fingerprint density at radius 2 is 2.31 bits per heavy atom. The number of aryl methyl sites for hydroxylation is 1. The van der Waals surface area contributed by atoms with Crippen molar-refractivity contribution in [1.29, 1.82) is 0 Å². The summed E-state index contributed by atoms with van der Waals surface area (Å²) in [7, 11) is 0. The molecule has 0 N–H and O–H groups in total. The summed E-state index contributed by atoms with van der Waals surface area (Å²) < 4.78 is 13.9. The van der Waals surface area contributed by atoms with Crippen molar-refractivity contribution < 1.29 is 9.18 Å². The average molecular weight is 284 g/mol. The van der Waals surface area contributed by atoms with E-state index in [-0.39, 0.29) is 5.56 Å². The molecule has 0 saturated carbocycles. The van der Waals surface area contributed by atoms with Gasteiger partial charge in [0, 0.05) is 10.5 Å². The average Bonchev–Trinajstić information content (AvgIpc) is 2.25. The van der Waals surface area contributed by atoms with Crippen molar-refractivity contribution in [2.24, 2.45) is 5.11 Å². The number of amides is 1. The predicted octanol–water partition coefficient (Wildman–Crippen LogP) is 3.75. The largest absolute Gasteiger partial charge is 0.288 e. The fourth-order valence-electron chi connectivity index (χ4n) is 1.03. The Labute approximate surface area is 99.5 Å². The first-order valence-electron chi connectivity index (χ1n) is 4.28. The van der Waals surface area contributed by atoms with Crippen LogP contribution in [-0.2, 0) is 4.79 Å². The molecular weight excluding hydrogens is 277 g/mol. The first-order chi connectivity index (χ1) is 7.56. The molecule has 0 bridgehead atoms. The smallest absolute Gasteiger partial charge is 0.242 e. The Hall–Kier alpha value is -1.65. The van der Waals surface area contributed by atoms with E-state index in [1.54, 1.807) is 13.0 Å². The van der Waals surface area contributed by atoms with Gasteiger partial charge in [-0.1, -0.05) is 12.1 Å². The number of nitrogens with zero attached hydrogens (tertiary/aromatic N) is 3. The highest BCUT2D eigenvalue weighted by atomic mass is 79.9. The Bertz CT molecular complexity index is 507. The van der Waals surface area contributed by atoms with Crippen LogP contribution in [0.5, 0.6) is 0 Å². The van der Waals surface area contributed by atoms with Gasteiger partial charge in [-0.3, -0.25) is 4.79 Å². The molecule has 1 rings (SSSR count). The number of hydrogen-bond donors (Lipinski definition) is 0. The first-order valence-corrected chi connectivity index (χ1v) is 5.07. The molecular formula is C10H7BrFN3O. The molecule has 82 valence electrons. The van der Waals surface area contributed by atoms with E-state index in [0.717, 1.165) is 11.6 Å². The van der Waals surface area contributed by atoms with Gasteiger partial charge in [-0.15, -0.1) is 0 Å². The highest BCUT2D eigenvalue weighted by molar-refractivity contribution is 9.10. The maximum Gasteiger partial charge on any atom is 0.242 e. The van der Waals surface area contributed by atoms with Crippen LogP contribution in [0.2, 0.25) is 0 Å². The fourth-order valence-corrected chi connectivity index (χ4v) is 1.39. The molecule has 0 aliphatic rings. The Balaban J connectivity index is 3.03. The molecule has 0 heterocycles. The van der Waals surface area contributed by atoms with Crippen LogP contribution in [-0.4, -0.2) is 5.91 Å². The third kappa shape index (κ3) is 2.92. The van der Waals surface area contributed by atoms with Crippen LogP contribution in [0.4, 0.5) is 4.39 Å². The van der Waals surface area contributed by atoms with Gasteiger partial charge in [0.1, 0.15) is 5.82 Å². The summed E-state index contributed by atoms with van der Waals surface area (Å²) >= 11 is 3.09. The second-order valence-electron chi connectivity index (χ2n) is 2.96. The van der Waals surface area contributed by atoms with Gasteiger partial charge in [-0.25, -0.2) is 4.39 Å². The lowest BCUT2D eigenvalue weighted by molar-refractivity contribution is -0.113. The number of hydrogen-bond acceptors (Lipinski definition) is 1. The molecule has 0 unspecified atom stereocenters. The predicted molar refractivity (Wildman–Crippen MR) is 62.0 cm³/mol. The molecule has 1 aromatic carbocycles. The minimum atomic E-state index is -0.765. The summed E-state index contributed by atoms with van der Waals surface area (Å²) in [5.74, 6) is -1.22. The van der Waals surface area contributed by atoms with Gasteiger partial charge in [0.25, 0.3) is 0 Å². The van der Waals surface area contributed by atoms with Crippen LogP contribution >= 0.6 is 15.9 Å². The van der Waals surface area contributed by atoms with E-state index >= 15 is 0 Å². The summed E-state index contributed by atoms with van der Waals surface area (Å²) in [4.78, 5) is 13.2. The third-order valence-corrected chi connectivity index (χ3v) is 2.83. The molecule has 0 atom stereocenters. The number of azide groups is 1. The lowest BCUT2D eigenvalue weighted by atomic mass is 10.1. The van der Waals surface area contributed by atoms with Crippen molar-refractivity contribution in [3.05, 3.63) is 50.1 Å². The summed E-state index contributed by atoms with van der Waals surface area (Å²) in [5.41, 5.74) is 9.00. The van der Waals surface area contributed by atoms with E-state index in [0.29, 0.717) is 4.47 Å². The lowest BCUT2D eigenvalue weighted by Crippen LogP contribution is -1.89. The number of carbonyl (C=O) groups is 1. The standard InChI is InChI=1S/C10H7BrFN3O/c1-6-2-3-7(10(12)9(6)11)4-5-8(16)14-15-13/h2-5H,1H3/b5-4+. The Morgan fingerprint density at radius 1 is 1.62 bits per heavy atom. The molecule has 0 aromatic heterocycles. The molecule has 0 aliphatic carbocycles. The highest BCUT2D eigenvalue weighted by Gasteiger charge is 2.06. The Kier molecular flexibility index (Phi) is 4.22. The van der Waals surface area contributed by atoms with Crippen LogP contribution in [0.3, 0.4) is 0 Å². The zero-order valence-corrected chi connectivity index (χ0v) is 9.90. The van der Waals surface area contributed by atoms with Crippen LogP contribution in [0.25, 0.3) is 16.5 Å². The minimum absolute atomic E-state index is 0.249. The van der Waals surface area contributed by atoms with Gasteiger partial charge in [0.2, 0.25) is 5.91 Å². The molecule has 6 heteroatoms. The van der Waals surface area contributed by atoms with Crippen molar-refractivity contribution in [3.63, 3.8) is 0 Å². The molecule has 0 aliphatic heterocycles. The first kappa shape index (κ1) is 12.4. The summed E-state index contributed by atoms with van der Waals surface area (Å²) in [6.07, 6.45) is 2.27. The van der Waals surface area contributed by atoms with Crippen molar-refractivity contribution in [3.8, 4) is 0 Å². The maximum atomic E-state index is 13.6. The second kappa shape index (κ2) is 5.44. The van der Waals surface area contributed by atoms with E-state index in [2.05, 4.69) is 26.0 Å². The zero-order valence-electron chi connectivity index (χ0n) is 8.32. The minimum Gasteiger partial charge on any atom is -0.288 e. The maximum absolute atomic E-state index is 13.6. The number of carbonyl (C=O) groups excluding carboxylic acids is 1. The van der Waals surface area contributed by atoms with Gasteiger partial charge in [0.15, 0.2) is 0 Å². The van der Waals surface area contributed by atoms with Gasteiger partial charge < -0.3 is 0 Å². The van der Waals surface area contributed by atoms with E-state index in [4.69, 9.17) is 5.53 Å². The Morgan fingerprint density at radius 3 is 2.94 bits per heavy atom. The number of rotatable bonds is 2. The second-order valence-corrected chi connectivity index (χ2v) is 3.75. The number of halogens is 2. The van der Waals surface area contributed by atoms with Crippen molar-refractivity contribution in [2.45, 2.75) is 6.92 Å². The molecule has 0 saturated heterocycles. The molecule has 0 spiro atoms. The molecule has 0 radical (unpaired) electrons. The molecule has 1 amide bonds. The van der Waals surface area contributed by atoms with Gasteiger partial charge >= 0.3 is 0 Å². The van der Waals surface area contributed by atoms with Crippen LogP contribution in [0, 0.1) is 12.7 Å². The van der Waals surface area contributed by atoms with Crippen LogP contribution in [0.15, 0.2) is 27.8 Å². The van der Waals surface area contributed by atoms with E-state index in [1.165, 1.54) is 12.1 Å². The van der Waals surface area contributed by atoms with Crippen molar-refractivity contribution >= 4 is 27.9 Å². The van der Waals surface area contributed by atoms with Crippen molar-refractivity contribution in [2.75, 3.05) is 0 Å². The topological polar surface area (TPSA) is 65.8 Å². The highest BCUT2D eigenvalue weighted by Crippen LogP contribution is 2.23. The molecule has 0 fully saturated rings. The lowest BCUT2D eigenvalue weighted by Gasteiger charge is -2.02. The fraction of sp³-hybridized carbons (Fsp3) is 0.100. The van der Waals surface area contributed by atoms with Crippen LogP contribution in [0.1, 0.15) is 11.1 Å². The van der Waals surface area contributed by atoms with E-state index in [9.17, 15) is 9.18 Å². The van der Waals surface area contributed by atoms with Gasteiger partial charge in [0.05, 0.1) is 4.47 Å². The van der Waals surface area contributed by atoms with Gasteiger partial charge in [-0.2, -0.15) is 0 Å². The van der Waals surface area contributed by atoms with Crippen molar-refractivity contribution in [1.82, 2.24) is 0 Å². The quantitative estimate of drug-likeness (QED) is 0.353. The molecule has 4 nitrogen and oxygen atoms in total. The zero-order chi connectivity index (χ0) is 12.1. The normalized spacial score (nSPS) is 10.2. The third-order valence-electron chi connectivity index (χ3n) is 1.85. The summed E-state index contributed by atoms with van der Waals surface area (Å²) in [6, 6.07) is 3.25. The summed E-state index contributed by atoms with van der Waals surface area (Å²) in [5, 5.41) is 2.83. The van der Waals surface area contributed by atoms with Gasteiger partial charge in [-0.05, 0) is 51.2 Å². The molecule has 16 heavy (non-hydrogen) atoms.